The van der Waals surface area contributed by atoms with Crippen LogP contribution in [0.5, 0.6) is 0 Å². The Morgan fingerprint density at radius 1 is 1.38 bits per heavy atom. The van der Waals surface area contributed by atoms with Crippen molar-refractivity contribution in [3.8, 4) is 0 Å². The van der Waals surface area contributed by atoms with Crippen molar-refractivity contribution in [2.75, 3.05) is 23.8 Å². The van der Waals surface area contributed by atoms with Crippen molar-refractivity contribution >= 4 is 25.5 Å². The molecule has 1 saturated heterocycles. The number of aryl methyl sites for hydroxylation is 1. The predicted molar refractivity (Wildman–Crippen MR) is 82.2 cm³/mol. The van der Waals surface area contributed by atoms with Crippen LogP contribution in [0.1, 0.15) is 18.9 Å². The van der Waals surface area contributed by atoms with Gasteiger partial charge in [0.15, 0.2) is 9.84 Å². The van der Waals surface area contributed by atoms with Crippen molar-refractivity contribution in [2.24, 2.45) is 0 Å². The van der Waals surface area contributed by atoms with Crippen LogP contribution in [0.4, 0.5) is 5.69 Å². The number of benzene rings is 1. The zero-order chi connectivity index (χ0) is 15.8. The molecular weight excluding hydrogens is 312 g/mol. The second-order valence-electron chi connectivity index (χ2n) is 5.26. The van der Waals surface area contributed by atoms with Gasteiger partial charge in [0.2, 0.25) is 10.0 Å². The van der Waals surface area contributed by atoms with E-state index in [2.05, 4.69) is 0 Å². The lowest BCUT2D eigenvalue weighted by molar-refractivity contribution is 0.354. The third-order valence-corrected chi connectivity index (χ3v) is 7.73. The van der Waals surface area contributed by atoms with E-state index < -0.39 is 25.9 Å². The molecule has 1 aliphatic rings. The maximum Gasteiger partial charge on any atom is 0.245 e. The monoisotopic (exact) mass is 332 g/mol. The van der Waals surface area contributed by atoms with Crippen LogP contribution >= 0.6 is 0 Å². The van der Waals surface area contributed by atoms with E-state index in [1.54, 1.807) is 32.0 Å². The molecule has 2 rings (SSSR count). The minimum Gasteiger partial charge on any atom is -0.398 e. The molecule has 1 aromatic rings. The van der Waals surface area contributed by atoms with Crippen molar-refractivity contribution in [1.29, 1.82) is 0 Å². The third-order valence-electron chi connectivity index (χ3n) is 3.74. The number of sulfone groups is 1. The zero-order valence-corrected chi connectivity index (χ0v) is 13.7. The summed E-state index contributed by atoms with van der Waals surface area (Å²) in [7, 11) is -6.95. The summed E-state index contributed by atoms with van der Waals surface area (Å²) < 4.78 is 50.2. The Morgan fingerprint density at radius 2 is 2.05 bits per heavy atom. The second-order valence-corrected chi connectivity index (χ2v) is 9.31. The smallest absolute Gasteiger partial charge is 0.245 e. The Bertz CT molecular complexity index is 721. The van der Waals surface area contributed by atoms with Crippen LogP contribution in [-0.4, -0.2) is 45.2 Å². The number of nitrogen functional groups attached to an aromatic ring is 1. The fraction of sp³-hybridized carbons (Fsp3) is 0.538. The first-order chi connectivity index (χ1) is 9.69. The average molecular weight is 332 g/mol. The largest absolute Gasteiger partial charge is 0.398 e. The van der Waals surface area contributed by atoms with Gasteiger partial charge in [-0.15, -0.1) is 0 Å². The van der Waals surface area contributed by atoms with Gasteiger partial charge in [-0.25, -0.2) is 16.8 Å². The van der Waals surface area contributed by atoms with Crippen LogP contribution in [-0.2, 0) is 19.9 Å². The van der Waals surface area contributed by atoms with Crippen molar-refractivity contribution in [3.63, 3.8) is 0 Å². The molecule has 1 fully saturated rings. The van der Waals surface area contributed by atoms with Gasteiger partial charge in [-0.3, -0.25) is 0 Å². The lowest BCUT2D eigenvalue weighted by Gasteiger charge is -2.27. The van der Waals surface area contributed by atoms with Gasteiger partial charge in [0.25, 0.3) is 0 Å². The molecule has 1 atom stereocenters. The van der Waals surface area contributed by atoms with Gasteiger partial charge in [0.05, 0.1) is 17.2 Å². The summed E-state index contributed by atoms with van der Waals surface area (Å²) in [4.78, 5) is 0.0798. The highest BCUT2D eigenvalue weighted by atomic mass is 32.2. The second kappa shape index (κ2) is 5.58. The molecule has 8 heteroatoms. The maximum atomic E-state index is 12.9. The Balaban J connectivity index is 2.46. The SMILES string of the molecule is CCN(C1CCS(=O)(=O)C1)S(=O)(=O)c1c(C)cccc1N. The number of nitrogens with two attached hydrogens (primary N) is 1. The lowest BCUT2D eigenvalue weighted by Crippen LogP contribution is -2.41. The van der Waals surface area contributed by atoms with Gasteiger partial charge < -0.3 is 5.73 Å². The minimum absolute atomic E-state index is 0.0347. The Labute approximate surface area is 125 Å². The van der Waals surface area contributed by atoms with Gasteiger partial charge in [0.1, 0.15) is 4.90 Å². The van der Waals surface area contributed by atoms with Crippen LogP contribution in [0, 0.1) is 6.92 Å². The first-order valence-corrected chi connectivity index (χ1v) is 10.0. The number of anilines is 1. The quantitative estimate of drug-likeness (QED) is 0.822. The van der Waals surface area contributed by atoms with Crippen molar-refractivity contribution in [2.45, 2.75) is 31.2 Å². The summed E-state index contributed by atoms with van der Waals surface area (Å²) in [5.74, 6) is -0.0845. The topological polar surface area (TPSA) is 97.5 Å². The van der Waals surface area contributed by atoms with Crippen molar-refractivity contribution in [1.82, 2.24) is 4.31 Å². The van der Waals surface area contributed by atoms with Gasteiger partial charge in [0, 0.05) is 12.6 Å². The lowest BCUT2D eigenvalue weighted by atomic mass is 10.2. The number of hydrogen-bond donors (Lipinski definition) is 1. The molecule has 0 aromatic heterocycles. The summed E-state index contributed by atoms with van der Waals surface area (Å²) in [6, 6.07) is 4.41. The van der Waals surface area contributed by atoms with Crippen LogP contribution in [0.2, 0.25) is 0 Å². The summed E-state index contributed by atoms with van der Waals surface area (Å²) in [6.45, 7) is 3.61. The Morgan fingerprint density at radius 3 is 2.52 bits per heavy atom. The molecule has 0 aliphatic carbocycles. The van der Waals surface area contributed by atoms with Gasteiger partial charge in [-0.05, 0) is 25.0 Å². The highest BCUT2D eigenvalue weighted by Gasteiger charge is 2.38. The average Bonchev–Trinajstić information content (AvgIpc) is 2.69. The van der Waals surface area contributed by atoms with E-state index >= 15 is 0 Å². The zero-order valence-electron chi connectivity index (χ0n) is 12.1. The molecule has 0 saturated carbocycles. The van der Waals surface area contributed by atoms with E-state index in [-0.39, 0.29) is 28.6 Å². The summed E-state index contributed by atoms with van der Waals surface area (Å²) in [5, 5.41) is 0. The van der Waals surface area contributed by atoms with Gasteiger partial charge in [-0.2, -0.15) is 4.31 Å². The summed E-state index contributed by atoms with van der Waals surface area (Å²) in [5.41, 5.74) is 6.58. The fourth-order valence-electron chi connectivity index (χ4n) is 2.77. The molecule has 118 valence electrons. The van der Waals surface area contributed by atoms with E-state index in [1.807, 2.05) is 0 Å². The molecule has 0 spiro atoms. The Kier molecular flexibility index (Phi) is 4.32. The van der Waals surface area contributed by atoms with Crippen LogP contribution in [0.15, 0.2) is 23.1 Å². The van der Waals surface area contributed by atoms with Gasteiger partial charge in [-0.1, -0.05) is 19.1 Å². The maximum absolute atomic E-state index is 12.9. The minimum atomic E-state index is -3.80. The molecule has 0 bridgehead atoms. The number of sulfonamides is 1. The van der Waals surface area contributed by atoms with E-state index in [0.717, 1.165) is 0 Å². The van der Waals surface area contributed by atoms with E-state index in [4.69, 9.17) is 5.73 Å². The third kappa shape index (κ3) is 3.07. The molecule has 2 N–H and O–H groups in total. The Hall–Kier alpha value is -1.12. The summed E-state index contributed by atoms with van der Waals surface area (Å²) >= 11 is 0. The molecule has 1 aromatic carbocycles. The van der Waals surface area contributed by atoms with Crippen LogP contribution in [0.25, 0.3) is 0 Å². The highest BCUT2D eigenvalue weighted by Crippen LogP contribution is 2.29. The number of hydrogen-bond acceptors (Lipinski definition) is 5. The van der Waals surface area contributed by atoms with Crippen molar-refractivity contribution < 1.29 is 16.8 Å². The highest BCUT2D eigenvalue weighted by molar-refractivity contribution is 7.92. The fourth-order valence-corrected chi connectivity index (χ4v) is 6.58. The summed E-state index contributed by atoms with van der Waals surface area (Å²) in [6.07, 6.45) is 0.335. The molecular formula is C13H20N2O4S2. The molecule has 0 radical (unpaired) electrons. The van der Waals surface area contributed by atoms with Crippen LogP contribution in [0.3, 0.4) is 0 Å². The normalized spacial score (nSPS) is 21.8. The van der Waals surface area contributed by atoms with E-state index in [0.29, 0.717) is 12.0 Å². The van der Waals surface area contributed by atoms with Crippen molar-refractivity contribution in [3.05, 3.63) is 23.8 Å². The van der Waals surface area contributed by atoms with Crippen LogP contribution < -0.4 is 5.73 Å². The standard InChI is InChI=1S/C13H20N2O4S2/c1-3-15(11-7-8-20(16,17)9-11)21(18,19)13-10(2)5-4-6-12(13)14/h4-6,11H,3,7-9,14H2,1-2H3. The van der Waals surface area contributed by atoms with E-state index in [1.165, 1.54) is 4.31 Å². The molecule has 6 nitrogen and oxygen atoms in total. The van der Waals surface area contributed by atoms with E-state index in [9.17, 15) is 16.8 Å². The molecule has 1 aliphatic heterocycles. The molecule has 21 heavy (non-hydrogen) atoms. The first-order valence-electron chi connectivity index (χ1n) is 6.76. The number of nitrogens with zero attached hydrogens (tertiary/aromatic N) is 1. The molecule has 0 amide bonds. The van der Waals surface area contributed by atoms with Gasteiger partial charge >= 0.3 is 0 Å². The molecule has 1 heterocycles. The molecule has 1 unspecified atom stereocenters. The first kappa shape index (κ1) is 16.3. The predicted octanol–water partition coefficient (Wildman–Crippen LogP) is 0.775. The number of rotatable bonds is 4.